The zero-order valence-corrected chi connectivity index (χ0v) is 14.9. The predicted octanol–water partition coefficient (Wildman–Crippen LogP) is 3.03. The fraction of sp³-hybridized carbons (Fsp3) is 0.238. The molecule has 138 valence electrons. The first kappa shape index (κ1) is 17.3. The van der Waals surface area contributed by atoms with Crippen LogP contribution in [-0.4, -0.2) is 37.4 Å². The molecule has 0 atom stereocenters. The number of nitrogens with one attached hydrogen (secondary N) is 1. The first-order valence-electron chi connectivity index (χ1n) is 9.01. The minimum absolute atomic E-state index is 0.261. The van der Waals surface area contributed by atoms with Crippen LogP contribution in [0.15, 0.2) is 71.3 Å². The van der Waals surface area contributed by atoms with Gasteiger partial charge in [-0.2, -0.15) is 0 Å². The van der Waals surface area contributed by atoms with Crippen LogP contribution in [0.25, 0.3) is 0 Å². The smallest absolute Gasteiger partial charge is 0.274 e. The highest BCUT2D eigenvalue weighted by Crippen LogP contribution is 2.23. The Morgan fingerprint density at radius 1 is 0.963 bits per heavy atom. The molecule has 27 heavy (non-hydrogen) atoms. The van der Waals surface area contributed by atoms with E-state index in [1.54, 1.807) is 6.07 Å². The highest BCUT2D eigenvalue weighted by atomic mass is 16.5. The van der Waals surface area contributed by atoms with E-state index in [2.05, 4.69) is 10.5 Å². The lowest BCUT2D eigenvalue weighted by molar-refractivity contribution is 0.0933. The van der Waals surface area contributed by atoms with Crippen LogP contribution in [0.3, 0.4) is 0 Å². The summed E-state index contributed by atoms with van der Waals surface area (Å²) in [5.74, 6) is 0.329. The Morgan fingerprint density at radius 2 is 1.56 bits per heavy atom. The molecule has 0 unspecified atom stereocenters. The van der Waals surface area contributed by atoms with Crippen LogP contribution < -0.4 is 10.2 Å². The van der Waals surface area contributed by atoms with Gasteiger partial charge in [-0.1, -0.05) is 65.8 Å². The van der Waals surface area contributed by atoms with Gasteiger partial charge in [0.1, 0.15) is 0 Å². The van der Waals surface area contributed by atoms with Crippen LogP contribution in [0.2, 0.25) is 0 Å². The van der Waals surface area contributed by atoms with Crippen LogP contribution in [0.5, 0.6) is 0 Å². The summed E-state index contributed by atoms with van der Waals surface area (Å²) >= 11 is 0. The molecule has 0 saturated carbocycles. The number of amides is 1. The first-order valence-corrected chi connectivity index (χ1v) is 9.01. The molecule has 1 amide bonds. The topological polar surface area (TPSA) is 67.6 Å². The number of morpholine rings is 1. The molecule has 0 aliphatic carbocycles. The summed E-state index contributed by atoms with van der Waals surface area (Å²) in [7, 11) is 0. The van der Waals surface area contributed by atoms with Crippen LogP contribution in [0.4, 0.5) is 5.88 Å². The molecule has 3 aromatic rings. The average Bonchev–Trinajstić information content (AvgIpc) is 3.24. The SMILES string of the molecule is O=C(NC(c1ccccc1)c1ccccc1)c1cc(N2CCOCC2)on1. The molecule has 1 fully saturated rings. The van der Waals surface area contributed by atoms with Crippen molar-refractivity contribution in [1.82, 2.24) is 10.5 Å². The Labute approximate surface area is 157 Å². The maximum absolute atomic E-state index is 12.8. The third-order valence-corrected chi connectivity index (χ3v) is 4.59. The number of carbonyl (C=O) groups is 1. The van der Waals surface area contributed by atoms with Gasteiger partial charge in [-0.05, 0) is 11.1 Å². The lowest BCUT2D eigenvalue weighted by Gasteiger charge is -2.25. The Bertz CT molecular complexity index is 834. The number of ether oxygens (including phenoxy) is 1. The number of carbonyl (C=O) groups excluding carboxylic acids is 1. The van der Waals surface area contributed by atoms with Crippen molar-refractivity contribution in [2.75, 3.05) is 31.2 Å². The van der Waals surface area contributed by atoms with Crippen molar-refractivity contribution in [3.05, 3.63) is 83.6 Å². The van der Waals surface area contributed by atoms with E-state index < -0.39 is 0 Å². The second-order valence-electron chi connectivity index (χ2n) is 6.38. The number of nitrogens with zero attached hydrogens (tertiary/aromatic N) is 2. The molecule has 1 saturated heterocycles. The molecule has 1 aromatic heterocycles. The highest BCUT2D eigenvalue weighted by molar-refractivity contribution is 5.93. The zero-order valence-electron chi connectivity index (χ0n) is 14.9. The van der Waals surface area contributed by atoms with Gasteiger partial charge >= 0.3 is 0 Å². The molecule has 1 aliphatic heterocycles. The molecular weight excluding hydrogens is 342 g/mol. The third kappa shape index (κ3) is 4.01. The zero-order chi connectivity index (χ0) is 18.5. The summed E-state index contributed by atoms with van der Waals surface area (Å²) in [6.07, 6.45) is 0. The molecule has 6 nitrogen and oxygen atoms in total. The third-order valence-electron chi connectivity index (χ3n) is 4.59. The molecule has 2 heterocycles. The van der Waals surface area contributed by atoms with Gasteiger partial charge in [0, 0.05) is 19.2 Å². The summed E-state index contributed by atoms with van der Waals surface area (Å²) < 4.78 is 10.7. The van der Waals surface area contributed by atoms with Crippen LogP contribution in [0, 0.1) is 0 Å². The molecule has 0 spiro atoms. The summed E-state index contributed by atoms with van der Waals surface area (Å²) in [5.41, 5.74) is 2.29. The van der Waals surface area contributed by atoms with Gasteiger partial charge in [-0.25, -0.2) is 0 Å². The summed E-state index contributed by atoms with van der Waals surface area (Å²) in [4.78, 5) is 14.8. The maximum atomic E-state index is 12.8. The van der Waals surface area contributed by atoms with Crippen molar-refractivity contribution in [1.29, 1.82) is 0 Å². The normalized spacial score (nSPS) is 14.3. The summed E-state index contributed by atoms with van der Waals surface area (Å²) in [5, 5.41) is 7.04. The van der Waals surface area contributed by atoms with Gasteiger partial charge in [0.25, 0.3) is 5.91 Å². The van der Waals surface area contributed by atoms with Crippen molar-refractivity contribution < 1.29 is 14.1 Å². The Morgan fingerprint density at radius 3 is 2.15 bits per heavy atom. The molecule has 6 heteroatoms. The van der Waals surface area contributed by atoms with Crippen molar-refractivity contribution >= 4 is 11.8 Å². The highest BCUT2D eigenvalue weighted by Gasteiger charge is 2.22. The van der Waals surface area contributed by atoms with Crippen LogP contribution >= 0.6 is 0 Å². The number of hydrogen-bond acceptors (Lipinski definition) is 5. The number of aromatic nitrogens is 1. The quantitative estimate of drug-likeness (QED) is 0.755. The molecule has 0 bridgehead atoms. The van der Waals surface area contributed by atoms with E-state index in [0.717, 1.165) is 24.2 Å². The van der Waals surface area contributed by atoms with E-state index in [9.17, 15) is 4.79 Å². The molecule has 1 N–H and O–H groups in total. The summed E-state index contributed by atoms with van der Waals surface area (Å²) in [6.45, 7) is 2.75. The number of benzene rings is 2. The second-order valence-corrected chi connectivity index (χ2v) is 6.38. The fourth-order valence-corrected chi connectivity index (χ4v) is 3.16. The van der Waals surface area contributed by atoms with E-state index in [1.165, 1.54) is 0 Å². The lowest BCUT2D eigenvalue weighted by Crippen LogP contribution is -2.36. The van der Waals surface area contributed by atoms with E-state index in [-0.39, 0.29) is 17.6 Å². The number of rotatable bonds is 5. The van der Waals surface area contributed by atoms with E-state index in [4.69, 9.17) is 9.26 Å². The predicted molar refractivity (Wildman–Crippen MR) is 102 cm³/mol. The average molecular weight is 363 g/mol. The maximum Gasteiger partial charge on any atom is 0.274 e. The molecule has 2 aromatic carbocycles. The largest absolute Gasteiger partial charge is 0.378 e. The van der Waals surface area contributed by atoms with Gasteiger partial charge in [-0.3, -0.25) is 4.79 Å². The molecular formula is C21H21N3O3. The van der Waals surface area contributed by atoms with Gasteiger partial charge in [0.05, 0.1) is 19.3 Å². The van der Waals surface area contributed by atoms with Crippen molar-refractivity contribution in [2.24, 2.45) is 0 Å². The number of anilines is 1. The van der Waals surface area contributed by atoms with Crippen LogP contribution in [0.1, 0.15) is 27.7 Å². The van der Waals surface area contributed by atoms with Gasteiger partial charge in [0.2, 0.25) is 5.88 Å². The first-order chi connectivity index (χ1) is 13.3. The monoisotopic (exact) mass is 363 g/mol. The fourth-order valence-electron chi connectivity index (χ4n) is 3.16. The number of hydrogen-bond donors (Lipinski definition) is 1. The van der Waals surface area contributed by atoms with Gasteiger partial charge < -0.3 is 19.5 Å². The Hall–Kier alpha value is -3.12. The van der Waals surface area contributed by atoms with Crippen molar-refractivity contribution in [3.8, 4) is 0 Å². The van der Waals surface area contributed by atoms with Gasteiger partial charge in [0.15, 0.2) is 5.69 Å². The van der Waals surface area contributed by atoms with Crippen LogP contribution in [-0.2, 0) is 4.74 Å². The standard InChI is InChI=1S/C21H21N3O3/c25-21(18-15-19(27-23-18)24-11-13-26-14-12-24)22-20(16-7-3-1-4-8-16)17-9-5-2-6-10-17/h1-10,15,20H,11-14H2,(H,22,25). The minimum atomic E-state index is -0.268. The molecule has 1 aliphatic rings. The molecule has 0 radical (unpaired) electrons. The van der Waals surface area contributed by atoms with Gasteiger partial charge in [-0.15, -0.1) is 0 Å². The summed E-state index contributed by atoms with van der Waals surface area (Å²) in [6, 6.07) is 21.2. The van der Waals surface area contributed by atoms with E-state index in [0.29, 0.717) is 19.1 Å². The van der Waals surface area contributed by atoms with E-state index >= 15 is 0 Å². The lowest BCUT2D eigenvalue weighted by atomic mass is 9.98. The van der Waals surface area contributed by atoms with Crippen molar-refractivity contribution in [3.63, 3.8) is 0 Å². The Kier molecular flexibility index (Phi) is 5.16. The molecule has 4 rings (SSSR count). The Balaban J connectivity index is 1.54. The minimum Gasteiger partial charge on any atom is -0.378 e. The van der Waals surface area contributed by atoms with E-state index in [1.807, 2.05) is 65.6 Å². The second kappa shape index (κ2) is 8.05. The van der Waals surface area contributed by atoms with Crippen molar-refractivity contribution in [2.45, 2.75) is 6.04 Å².